The van der Waals surface area contributed by atoms with Gasteiger partial charge in [0.25, 0.3) is 5.91 Å². The molecule has 0 saturated heterocycles. The van der Waals surface area contributed by atoms with Crippen molar-refractivity contribution in [3.63, 3.8) is 0 Å². The predicted octanol–water partition coefficient (Wildman–Crippen LogP) is 4.86. The highest BCUT2D eigenvalue weighted by Gasteiger charge is 2.17. The molecule has 6 heteroatoms. The van der Waals surface area contributed by atoms with Crippen LogP contribution in [0, 0.1) is 6.92 Å². The fourth-order valence-corrected chi connectivity index (χ4v) is 3.38. The number of ether oxygens (including phenoxy) is 1. The fourth-order valence-electron chi connectivity index (χ4n) is 3.22. The molecule has 1 fully saturated rings. The lowest BCUT2D eigenvalue weighted by Crippen LogP contribution is -2.36. The molecule has 1 aromatic carbocycles. The minimum Gasteiger partial charge on any atom is -0.495 e. The molecular weight excluding hydrogens is 350 g/mol. The van der Waals surface area contributed by atoms with E-state index < -0.39 is 0 Å². The summed E-state index contributed by atoms with van der Waals surface area (Å²) in [6.45, 7) is 1.93. The molecule has 0 aliphatic heterocycles. The molecule has 0 spiro atoms. The maximum Gasteiger partial charge on any atom is 0.251 e. The van der Waals surface area contributed by atoms with Crippen LogP contribution in [0.2, 0.25) is 5.02 Å². The van der Waals surface area contributed by atoms with Crippen LogP contribution >= 0.6 is 11.6 Å². The fraction of sp³-hybridized carbons (Fsp3) is 0.400. The topological polar surface area (TPSA) is 63.2 Å². The number of rotatable bonds is 5. The highest BCUT2D eigenvalue weighted by molar-refractivity contribution is 6.31. The second kappa shape index (κ2) is 8.41. The Morgan fingerprint density at radius 2 is 2.00 bits per heavy atom. The van der Waals surface area contributed by atoms with Gasteiger partial charge in [0.05, 0.1) is 12.8 Å². The number of aryl methyl sites for hydroxylation is 1. The summed E-state index contributed by atoms with van der Waals surface area (Å²) in [4.78, 5) is 16.8. The van der Waals surface area contributed by atoms with Gasteiger partial charge >= 0.3 is 0 Å². The van der Waals surface area contributed by atoms with Crippen molar-refractivity contribution in [2.75, 3.05) is 12.4 Å². The summed E-state index contributed by atoms with van der Waals surface area (Å²) in [6, 6.07) is 7.42. The standard InChI is InChI=1S/C20H24ClN3O2/c1-13-10-17(18(26-2)12-16(13)21)24-19-11-14(8-9-22-19)20(25)23-15-6-4-3-5-7-15/h8-12,15H,3-7H2,1-2H3,(H,22,24)(H,23,25). The maximum absolute atomic E-state index is 12.5. The Bertz CT molecular complexity index is 789. The Labute approximate surface area is 159 Å². The quantitative estimate of drug-likeness (QED) is 0.785. The molecule has 0 atom stereocenters. The van der Waals surface area contributed by atoms with E-state index in [1.165, 1.54) is 19.3 Å². The summed E-state index contributed by atoms with van der Waals surface area (Å²) in [7, 11) is 1.59. The average molecular weight is 374 g/mol. The summed E-state index contributed by atoms with van der Waals surface area (Å²) >= 11 is 6.15. The number of benzene rings is 1. The van der Waals surface area contributed by atoms with E-state index >= 15 is 0 Å². The summed E-state index contributed by atoms with van der Waals surface area (Å²) in [5.74, 6) is 1.15. The largest absolute Gasteiger partial charge is 0.495 e. The number of aromatic nitrogens is 1. The van der Waals surface area contributed by atoms with Crippen molar-refractivity contribution in [1.82, 2.24) is 10.3 Å². The van der Waals surface area contributed by atoms with Crippen LogP contribution in [0.15, 0.2) is 30.5 Å². The molecular formula is C20H24ClN3O2. The maximum atomic E-state index is 12.5. The Hall–Kier alpha value is -2.27. The minimum absolute atomic E-state index is 0.0541. The van der Waals surface area contributed by atoms with E-state index in [0.717, 1.165) is 24.1 Å². The number of anilines is 2. The first-order valence-corrected chi connectivity index (χ1v) is 9.32. The first-order valence-electron chi connectivity index (χ1n) is 8.95. The average Bonchev–Trinajstić information content (AvgIpc) is 2.65. The lowest BCUT2D eigenvalue weighted by molar-refractivity contribution is 0.0927. The van der Waals surface area contributed by atoms with Gasteiger partial charge in [0.2, 0.25) is 0 Å². The zero-order chi connectivity index (χ0) is 18.5. The van der Waals surface area contributed by atoms with Crippen molar-refractivity contribution in [3.8, 4) is 5.75 Å². The number of hydrogen-bond acceptors (Lipinski definition) is 4. The number of amides is 1. The van der Waals surface area contributed by atoms with Crippen molar-refractivity contribution in [2.24, 2.45) is 0 Å². The SMILES string of the molecule is COc1cc(Cl)c(C)cc1Nc1cc(C(=O)NC2CCCCC2)ccn1. The zero-order valence-corrected chi connectivity index (χ0v) is 15.9. The summed E-state index contributed by atoms with van der Waals surface area (Å²) in [6.07, 6.45) is 7.38. The van der Waals surface area contributed by atoms with Crippen LogP contribution in [0.1, 0.15) is 48.0 Å². The third-order valence-corrected chi connectivity index (χ3v) is 5.11. The van der Waals surface area contributed by atoms with E-state index in [-0.39, 0.29) is 11.9 Å². The van der Waals surface area contributed by atoms with Gasteiger partial charge in [0, 0.05) is 28.9 Å². The number of hydrogen-bond donors (Lipinski definition) is 2. The van der Waals surface area contributed by atoms with Crippen molar-refractivity contribution in [3.05, 3.63) is 46.6 Å². The van der Waals surface area contributed by atoms with Gasteiger partial charge in [0.15, 0.2) is 0 Å². The van der Waals surface area contributed by atoms with Crippen LogP contribution in [0.3, 0.4) is 0 Å². The Morgan fingerprint density at radius 1 is 1.23 bits per heavy atom. The monoisotopic (exact) mass is 373 g/mol. The van der Waals surface area contributed by atoms with Gasteiger partial charge in [-0.05, 0) is 43.5 Å². The van der Waals surface area contributed by atoms with Gasteiger partial charge in [0.1, 0.15) is 11.6 Å². The highest BCUT2D eigenvalue weighted by Crippen LogP contribution is 2.32. The van der Waals surface area contributed by atoms with Crippen molar-refractivity contribution in [1.29, 1.82) is 0 Å². The molecule has 1 aliphatic rings. The summed E-state index contributed by atoms with van der Waals surface area (Å²) in [5.41, 5.74) is 2.28. The highest BCUT2D eigenvalue weighted by atomic mass is 35.5. The minimum atomic E-state index is -0.0541. The molecule has 3 rings (SSSR count). The number of carbonyl (C=O) groups excluding carboxylic acids is 1. The van der Waals surface area contributed by atoms with Crippen LogP contribution in [0.25, 0.3) is 0 Å². The Kier molecular flexibility index (Phi) is 5.99. The van der Waals surface area contributed by atoms with Gasteiger partial charge in [-0.15, -0.1) is 0 Å². The van der Waals surface area contributed by atoms with Gasteiger partial charge < -0.3 is 15.4 Å². The molecule has 2 N–H and O–H groups in total. The van der Waals surface area contributed by atoms with Gasteiger partial charge in [-0.1, -0.05) is 30.9 Å². The van der Waals surface area contributed by atoms with Crippen molar-refractivity contribution < 1.29 is 9.53 Å². The summed E-state index contributed by atoms with van der Waals surface area (Å²) < 4.78 is 5.38. The molecule has 0 unspecified atom stereocenters. The smallest absolute Gasteiger partial charge is 0.251 e. The number of nitrogens with zero attached hydrogens (tertiary/aromatic N) is 1. The van der Waals surface area contributed by atoms with Crippen LogP contribution in [-0.2, 0) is 0 Å². The Balaban J connectivity index is 1.75. The van der Waals surface area contributed by atoms with E-state index in [4.69, 9.17) is 16.3 Å². The van der Waals surface area contributed by atoms with E-state index in [9.17, 15) is 4.79 Å². The first kappa shape index (κ1) is 18.5. The third-order valence-electron chi connectivity index (χ3n) is 4.71. The molecule has 0 radical (unpaired) electrons. The molecule has 5 nitrogen and oxygen atoms in total. The molecule has 26 heavy (non-hydrogen) atoms. The predicted molar refractivity (Wildman–Crippen MR) is 105 cm³/mol. The van der Waals surface area contributed by atoms with E-state index in [1.54, 1.807) is 31.5 Å². The molecule has 1 saturated carbocycles. The van der Waals surface area contributed by atoms with Crippen LogP contribution in [0.5, 0.6) is 5.75 Å². The molecule has 1 heterocycles. The number of halogens is 1. The van der Waals surface area contributed by atoms with Gasteiger partial charge in [-0.25, -0.2) is 4.98 Å². The lowest BCUT2D eigenvalue weighted by atomic mass is 9.95. The molecule has 1 aliphatic carbocycles. The zero-order valence-electron chi connectivity index (χ0n) is 15.1. The van der Waals surface area contributed by atoms with Gasteiger partial charge in [-0.3, -0.25) is 4.79 Å². The van der Waals surface area contributed by atoms with Crippen molar-refractivity contribution in [2.45, 2.75) is 45.1 Å². The van der Waals surface area contributed by atoms with Gasteiger partial charge in [-0.2, -0.15) is 0 Å². The molecule has 1 aromatic heterocycles. The summed E-state index contributed by atoms with van der Waals surface area (Å²) in [5, 5.41) is 6.98. The molecule has 0 bridgehead atoms. The number of carbonyl (C=O) groups is 1. The van der Waals surface area contributed by atoms with E-state index in [2.05, 4.69) is 15.6 Å². The molecule has 1 amide bonds. The van der Waals surface area contributed by atoms with Crippen LogP contribution < -0.4 is 15.4 Å². The number of methoxy groups -OCH3 is 1. The lowest BCUT2D eigenvalue weighted by Gasteiger charge is -2.22. The molecule has 2 aromatic rings. The van der Waals surface area contributed by atoms with Crippen molar-refractivity contribution >= 4 is 29.0 Å². The number of nitrogens with one attached hydrogen (secondary N) is 2. The van der Waals surface area contributed by atoms with E-state index in [1.807, 2.05) is 13.0 Å². The second-order valence-electron chi connectivity index (χ2n) is 6.66. The second-order valence-corrected chi connectivity index (χ2v) is 7.07. The number of pyridine rings is 1. The van der Waals surface area contributed by atoms with Crippen LogP contribution in [-0.4, -0.2) is 24.0 Å². The van der Waals surface area contributed by atoms with E-state index in [0.29, 0.717) is 22.2 Å². The van der Waals surface area contributed by atoms with Crippen LogP contribution in [0.4, 0.5) is 11.5 Å². The molecule has 138 valence electrons. The third kappa shape index (κ3) is 4.47. The Morgan fingerprint density at radius 3 is 2.73 bits per heavy atom. The normalized spacial score (nSPS) is 14.7. The first-order chi connectivity index (χ1) is 12.6.